The quantitative estimate of drug-likeness (QED) is 0.524. The molecule has 1 aliphatic heterocycles. The van der Waals surface area contributed by atoms with Gasteiger partial charge in [0, 0.05) is 37.3 Å². The third-order valence-electron chi connectivity index (χ3n) is 5.37. The number of aromatic nitrogens is 3. The zero-order chi connectivity index (χ0) is 21.7. The molecule has 160 valence electrons. The lowest BCUT2D eigenvalue weighted by atomic mass is 10.1. The van der Waals surface area contributed by atoms with Crippen LogP contribution in [0.1, 0.15) is 19.5 Å². The monoisotopic (exact) mass is 422 g/mol. The van der Waals surface area contributed by atoms with Crippen molar-refractivity contribution in [2.45, 2.75) is 32.9 Å². The number of halogens is 1. The molecule has 0 bridgehead atoms. The maximum absolute atomic E-state index is 14.4. The summed E-state index contributed by atoms with van der Waals surface area (Å²) in [6.45, 7) is 7.49. The van der Waals surface area contributed by atoms with Gasteiger partial charge in [0.05, 0.1) is 23.0 Å². The van der Waals surface area contributed by atoms with Crippen molar-refractivity contribution in [3.8, 4) is 0 Å². The van der Waals surface area contributed by atoms with Crippen molar-refractivity contribution in [1.29, 1.82) is 0 Å². The molecule has 8 nitrogen and oxygen atoms in total. The van der Waals surface area contributed by atoms with Crippen molar-refractivity contribution in [2.75, 3.05) is 23.3 Å². The molecule has 1 aromatic carbocycles. The number of rotatable bonds is 3. The molecule has 1 fully saturated rings. The predicted octanol–water partition coefficient (Wildman–Crippen LogP) is 3.21. The van der Waals surface area contributed by atoms with E-state index in [0.29, 0.717) is 40.3 Å². The second-order valence-corrected chi connectivity index (χ2v) is 8.15. The van der Waals surface area contributed by atoms with Crippen LogP contribution in [0, 0.1) is 12.7 Å². The third-order valence-corrected chi connectivity index (χ3v) is 5.37. The van der Waals surface area contributed by atoms with E-state index < -0.39 is 5.82 Å². The molecule has 0 amide bonds. The van der Waals surface area contributed by atoms with Crippen molar-refractivity contribution < 1.29 is 8.81 Å². The molecule has 3 aromatic heterocycles. The van der Waals surface area contributed by atoms with Gasteiger partial charge in [0.1, 0.15) is 5.58 Å². The minimum Gasteiger partial charge on any atom is -0.440 e. The zero-order valence-corrected chi connectivity index (χ0v) is 17.5. The van der Waals surface area contributed by atoms with E-state index in [9.17, 15) is 9.18 Å². The Hall–Kier alpha value is -3.46. The lowest BCUT2D eigenvalue weighted by Gasteiger charge is -2.36. The van der Waals surface area contributed by atoms with E-state index in [2.05, 4.69) is 39.5 Å². The molecular formula is C22H23FN6O2. The second kappa shape index (κ2) is 7.35. The second-order valence-electron chi connectivity index (χ2n) is 8.15. The molecule has 5 rings (SSSR count). The SMILES string of the molecule is Cc1cn2nc(Nc3cccc4oc(N5C[C@H](C)N[C@@H](C)C5)cc(=O)c34)cc(F)c2n1. The van der Waals surface area contributed by atoms with E-state index in [0.717, 1.165) is 13.1 Å². The first-order valence-corrected chi connectivity index (χ1v) is 10.2. The van der Waals surface area contributed by atoms with Crippen LogP contribution in [0.2, 0.25) is 0 Å². The number of hydrogen-bond acceptors (Lipinski definition) is 7. The van der Waals surface area contributed by atoms with Gasteiger partial charge in [-0.1, -0.05) is 6.07 Å². The van der Waals surface area contributed by atoms with Crippen molar-refractivity contribution >= 4 is 34.0 Å². The summed E-state index contributed by atoms with van der Waals surface area (Å²) >= 11 is 0. The highest BCUT2D eigenvalue weighted by atomic mass is 19.1. The first-order valence-electron chi connectivity index (χ1n) is 10.2. The molecule has 2 N–H and O–H groups in total. The Morgan fingerprint density at radius 3 is 2.77 bits per heavy atom. The van der Waals surface area contributed by atoms with Crippen LogP contribution in [-0.4, -0.2) is 39.8 Å². The van der Waals surface area contributed by atoms with Gasteiger partial charge in [-0.05, 0) is 32.9 Å². The van der Waals surface area contributed by atoms with Gasteiger partial charge in [-0.3, -0.25) is 4.79 Å². The summed E-state index contributed by atoms with van der Waals surface area (Å²) in [6, 6.07) is 8.67. The molecular weight excluding hydrogens is 399 g/mol. The highest BCUT2D eigenvalue weighted by Gasteiger charge is 2.23. The van der Waals surface area contributed by atoms with Crippen molar-refractivity contribution in [2.24, 2.45) is 0 Å². The molecule has 0 radical (unpaired) electrons. The minimum absolute atomic E-state index is 0.157. The standard InChI is InChI=1S/C22H23FN6O2/c1-12-9-28(10-13(2)24-12)20-8-17(30)21-16(5-4-6-18(21)31-20)26-19-7-15(23)22-25-14(3)11-29(22)27-19/h4-8,11-13,24H,9-10H2,1-3H3,(H,26,27)/t12-,13-/m0/s1. The maximum Gasteiger partial charge on any atom is 0.200 e. The largest absolute Gasteiger partial charge is 0.440 e. The Balaban J connectivity index is 1.54. The number of aryl methyl sites for hydroxylation is 1. The summed E-state index contributed by atoms with van der Waals surface area (Å²) in [5, 5.41) is 11.3. The van der Waals surface area contributed by atoms with E-state index in [1.54, 1.807) is 31.3 Å². The van der Waals surface area contributed by atoms with Crippen LogP contribution >= 0.6 is 0 Å². The molecule has 4 aromatic rings. The Labute approximate surface area is 177 Å². The van der Waals surface area contributed by atoms with Crippen molar-refractivity contribution in [3.05, 3.63) is 58.3 Å². The van der Waals surface area contributed by atoms with Crippen LogP contribution < -0.4 is 21.0 Å². The molecule has 2 atom stereocenters. The number of nitrogens with one attached hydrogen (secondary N) is 2. The molecule has 0 saturated carbocycles. The normalized spacial score (nSPS) is 19.3. The van der Waals surface area contributed by atoms with Gasteiger partial charge in [0.15, 0.2) is 28.6 Å². The first kappa shape index (κ1) is 19.5. The topological polar surface area (TPSA) is 87.7 Å². The fourth-order valence-electron chi connectivity index (χ4n) is 4.22. The molecule has 4 heterocycles. The molecule has 31 heavy (non-hydrogen) atoms. The van der Waals surface area contributed by atoms with E-state index in [4.69, 9.17) is 4.42 Å². The average molecular weight is 422 g/mol. The lowest BCUT2D eigenvalue weighted by molar-refractivity contribution is 0.391. The Kier molecular flexibility index (Phi) is 4.62. The number of piperazine rings is 1. The van der Waals surface area contributed by atoms with E-state index in [1.165, 1.54) is 16.6 Å². The first-order chi connectivity index (χ1) is 14.9. The number of nitrogens with zero attached hydrogens (tertiary/aromatic N) is 4. The van der Waals surface area contributed by atoms with Crippen LogP contribution in [0.3, 0.4) is 0 Å². The summed E-state index contributed by atoms with van der Waals surface area (Å²) in [4.78, 5) is 19.2. The fraction of sp³-hybridized carbons (Fsp3) is 0.318. The highest BCUT2D eigenvalue weighted by Crippen LogP contribution is 2.27. The smallest absolute Gasteiger partial charge is 0.200 e. The summed E-state index contributed by atoms with van der Waals surface area (Å²) in [7, 11) is 0. The van der Waals surface area contributed by atoms with Crippen LogP contribution in [0.25, 0.3) is 16.6 Å². The number of fused-ring (bicyclic) bond motifs is 2. The highest BCUT2D eigenvalue weighted by molar-refractivity contribution is 5.92. The maximum atomic E-state index is 14.4. The number of anilines is 3. The number of imidazole rings is 1. The molecule has 1 saturated heterocycles. The van der Waals surface area contributed by atoms with E-state index >= 15 is 0 Å². The summed E-state index contributed by atoms with van der Waals surface area (Å²) in [5.74, 6) is 0.319. The predicted molar refractivity (Wildman–Crippen MR) is 118 cm³/mol. The van der Waals surface area contributed by atoms with Gasteiger partial charge < -0.3 is 20.0 Å². The van der Waals surface area contributed by atoms with Gasteiger partial charge in [-0.2, -0.15) is 0 Å². The van der Waals surface area contributed by atoms with Gasteiger partial charge in [-0.25, -0.2) is 13.9 Å². The summed E-state index contributed by atoms with van der Waals surface area (Å²) in [6.07, 6.45) is 1.64. The fourth-order valence-corrected chi connectivity index (χ4v) is 4.22. The van der Waals surface area contributed by atoms with Crippen LogP contribution in [-0.2, 0) is 0 Å². The van der Waals surface area contributed by atoms with Crippen LogP contribution in [0.4, 0.5) is 21.8 Å². The van der Waals surface area contributed by atoms with Crippen molar-refractivity contribution in [3.63, 3.8) is 0 Å². The molecule has 9 heteroatoms. The Morgan fingerprint density at radius 2 is 2.00 bits per heavy atom. The number of benzene rings is 1. The Morgan fingerprint density at radius 1 is 1.23 bits per heavy atom. The van der Waals surface area contributed by atoms with Gasteiger partial charge in [0.25, 0.3) is 0 Å². The van der Waals surface area contributed by atoms with Gasteiger partial charge >= 0.3 is 0 Å². The molecule has 0 spiro atoms. The van der Waals surface area contributed by atoms with E-state index in [1.807, 2.05) is 0 Å². The zero-order valence-electron chi connectivity index (χ0n) is 17.5. The van der Waals surface area contributed by atoms with E-state index in [-0.39, 0.29) is 16.9 Å². The number of hydrogen-bond donors (Lipinski definition) is 2. The molecule has 1 aliphatic rings. The lowest BCUT2D eigenvalue weighted by Crippen LogP contribution is -2.54. The molecule has 0 unspecified atom stereocenters. The molecule has 0 aliphatic carbocycles. The summed E-state index contributed by atoms with van der Waals surface area (Å²) in [5.41, 5.74) is 1.62. The van der Waals surface area contributed by atoms with Crippen molar-refractivity contribution in [1.82, 2.24) is 19.9 Å². The average Bonchev–Trinajstić information content (AvgIpc) is 3.08. The van der Waals surface area contributed by atoms with Crippen LogP contribution in [0.5, 0.6) is 0 Å². The Bertz CT molecular complexity index is 1340. The van der Waals surface area contributed by atoms with Crippen LogP contribution in [0.15, 0.2) is 45.7 Å². The van der Waals surface area contributed by atoms with Gasteiger partial charge in [-0.15, -0.1) is 5.10 Å². The third kappa shape index (κ3) is 3.61. The summed E-state index contributed by atoms with van der Waals surface area (Å²) < 4.78 is 21.9. The minimum atomic E-state index is -0.498. The van der Waals surface area contributed by atoms with Gasteiger partial charge in [0.2, 0.25) is 0 Å².